The number of aromatic nitrogens is 2. The molecule has 0 saturated heterocycles. The van der Waals surface area contributed by atoms with Crippen molar-refractivity contribution in [2.45, 2.75) is 13.8 Å². The van der Waals surface area contributed by atoms with Crippen LogP contribution in [-0.4, -0.2) is 16.6 Å². The third-order valence-corrected chi connectivity index (χ3v) is 2.05. The van der Waals surface area contributed by atoms with Gasteiger partial charge in [0, 0.05) is 19.8 Å². The fourth-order valence-electron chi connectivity index (χ4n) is 1.01. The predicted molar refractivity (Wildman–Crippen MR) is 48.5 cm³/mol. The van der Waals surface area contributed by atoms with Crippen molar-refractivity contribution in [2.24, 2.45) is 7.05 Å². The average Bonchev–Trinajstić information content (AvgIpc) is 2.08. The van der Waals surface area contributed by atoms with Crippen LogP contribution in [0.5, 0.6) is 0 Å². The molecule has 4 nitrogen and oxygen atoms in total. The quantitative estimate of drug-likeness (QED) is 0.660. The lowest BCUT2D eigenvalue weighted by molar-refractivity contribution is 0.787. The Bertz CT molecular complexity index is 354. The van der Waals surface area contributed by atoms with Gasteiger partial charge in [-0.25, -0.2) is 4.98 Å². The van der Waals surface area contributed by atoms with E-state index in [4.69, 9.17) is 0 Å². The van der Waals surface area contributed by atoms with E-state index in [1.807, 2.05) is 13.8 Å². The third kappa shape index (κ3) is 1.20. The van der Waals surface area contributed by atoms with Crippen molar-refractivity contribution in [3.8, 4) is 0 Å². The van der Waals surface area contributed by atoms with E-state index in [1.54, 1.807) is 18.7 Å². The lowest BCUT2D eigenvalue weighted by Crippen LogP contribution is -2.24. The molecule has 0 aromatic carbocycles. The minimum absolute atomic E-state index is 0.0828. The van der Waals surface area contributed by atoms with Crippen LogP contribution < -0.4 is 10.9 Å². The first kappa shape index (κ1) is 8.77. The summed E-state index contributed by atoms with van der Waals surface area (Å²) in [4.78, 5) is 15.5. The maximum Gasteiger partial charge on any atom is 0.293 e. The Labute approximate surface area is 71.3 Å². The Morgan fingerprint density at radius 1 is 1.42 bits per heavy atom. The molecule has 0 saturated carbocycles. The molecule has 0 aliphatic rings. The molecule has 1 heterocycles. The van der Waals surface area contributed by atoms with Crippen LogP contribution in [0.25, 0.3) is 0 Å². The number of nitrogens with one attached hydrogen (secondary N) is 1. The van der Waals surface area contributed by atoms with E-state index in [0.29, 0.717) is 5.82 Å². The summed E-state index contributed by atoms with van der Waals surface area (Å²) in [5.74, 6) is 0.403. The Kier molecular flexibility index (Phi) is 2.17. The van der Waals surface area contributed by atoms with Gasteiger partial charge in [-0.15, -0.1) is 0 Å². The molecule has 0 spiro atoms. The largest absolute Gasteiger partial charge is 0.369 e. The second kappa shape index (κ2) is 2.97. The van der Waals surface area contributed by atoms with E-state index < -0.39 is 0 Å². The smallest absolute Gasteiger partial charge is 0.293 e. The van der Waals surface area contributed by atoms with Crippen LogP contribution >= 0.6 is 0 Å². The molecule has 1 rings (SSSR count). The Morgan fingerprint density at radius 3 is 2.50 bits per heavy atom. The molecule has 0 aliphatic heterocycles. The first-order chi connectivity index (χ1) is 5.57. The van der Waals surface area contributed by atoms with Crippen molar-refractivity contribution in [1.29, 1.82) is 0 Å². The highest BCUT2D eigenvalue weighted by atomic mass is 16.1. The highest BCUT2D eigenvalue weighted by Crippen LogP contribution is 2.01. The summed E-state index contributed by atoms with van der Waals surface area (Å²) in [6, 6.07) is 0. The van der Waals surface area contributed by atoms with Gasteiger partial charge >= 0.3 is 0 Å². The molecule has 1 aromatic heterocycles. The van der Waals surface area contributed by atoms with Crippen LogP contribution in [0.1, 0.15) is 11.4 Å². The molecule has 0 fully saturated rings. The first-order valence-corrected chi connectivity index (χ1v) is 3.80. The number of anilines is 1. The standard InChI is InChI=1S/C8H13N3O/c1-5-6(2)11(4)8(12)7(9-3)10-5/h1-4H3,(H,9,10). The second-order valence-electron chi connectivity index (χ2n) is 2.75. The van der Waals surface area contributed by atoms with Gasteiger partial charge in [-0.1, -0.05) is 0 Å². The molecule has 12 heavy (non-hydrogen) atoms. The molecule has 4 heteroatoms. The van der Waals surface area contributed by atoms with Crippen LogP contribution in [-0.2, 0) is 7.05 Å². The summed E-state index contributed by atoms with van der Waals surface area (Å²) in [7, 11) is 3.44. The van der Waals surface area contributed by atoms with E-state index in [2.05, 4.69) is 10.3 Å². The molecule has 66 valence electrons. The van der Waals surface area contributed by atoms with Gasteiger partial charge in [-0.2, -0.15) is 0 Å². The van der Waals surface area contributed by atoms with Crippen molar-refractivity contribution >= 4 is 5.82 Å². The van der Waals surface area contributed by atoms with Gasteiger partial charge < -0.3 is 9.88 Å². The number of aryl methyl sites for hydroxylation is 1. The van der Waals surface area contributed by atoms with Crippen LogP contribution in [0.3, 0.4) is 0 Å². The zero-order chi connectivity index (χ0) is 9.30. The topological polar surface area (TPSA) is 46.9 Å². The normalized spacial score (nSPS) is 10.0. The molecule has 0 aliphatic carbocycles. The minimum atomic E-state index is -0.0828. The third-order valence-electron chi connectivity index (χ3n) is 2.05. The maximum absolute atomic E-state index is 11.4. The molecule has 0 bridgehead atoms. The average molecular weight is 167 g/mol. The van der Waals surface area contributed by atoms with E-state index in [1.165, 1.54) is 0 Å². The van der Waals surface area contributed by atoms with Crippen LogP contribution in [0.4, 0.5) is 5.82 Å². The summed E-state index contributed by atoms with van der Waals surface area (Å²) < 4.78 is 1.59. The van der Waals surface area contributed by atoms with Crippen LogP contribution in [0.15, 0.2) is 4.79 Å². The molecule has 0 amide bonds. The number of hydrogen-bond acceptors (Lipinski definition) is 3. The number of hydrogen-bond donors (Lipinski definition) is 1. The summed E-state index contributed by atoms with van der Waals surface area (Å²) >= 11 is 0. The van der Waals surface area contributed by atoms with Gasteiger partial charge in [-0.05, 0) is 13.8 Å². The molecule has 1 aromatic rings. The Morgan fingerprint density at radius 2 is 2.00 bits per heavy atom. The van der Waals surface area contributed by atoms with Crippen molar-refractivity contribution in [3.63, 3.8) is 0 Å². The van der Waals surface area contributed by atoms with Crippen molar-refractivity contribution < 1.29 is 0 Å². The number of nitrogens with zero attached hydrogens (tertiary/aromatic N) is 2. The van der Waals surface area contributed by atoms with Gasteiger partial charge in [0.2, 0.25) is 0 Å². The SMILES string of the molecule is CNc1nc(C)c(C)n(C)c1=O. The summed E-state index contributed by atoms with van der Waals surface area (Å²) in [6.07, 6.45) is 0. The lowest BCUT2D eigenvalue weighted by atomic mass is 10.3. The molecule has 0 unspecified atom stereocenters. The summed E-state index contributed by atoms with van der Waals surface area (Å²) in [6.45, 7) is 3.76. The lowest BCUT2D eigenvalue weighted by Gasteiger charge is -2.08. The van der Waals surface area contributed by atoms with Gasteiger partial charge in [0.1, 0.15) is 0 Å². The van der Waals surface area contributed by atoms with Crippen molar-refractivity contribution in [2.75, 3.05) is 12.4 Å². The highest BCUT2D eigenvalue weighted by molar-refractivity contribution is 5.33. The Hall–Kier alpha value is -1.32. The molecular formula is C8H13N3O. The maximum atomic E-state index is 11.4. The fourth-order valence-corrected chi connectivity index (χ4v) is 1.01. The summed E-state index contributed by atoms with van der Waals surface area (Å²) in [5.41, 5.74) is 1.70. The minimum Gasteiger partial charge on any atom is -0.369 e. The van der Waals surface area contributed by atoms with E-state index >= 15 is 0 Å². The van der Waals surface area contributed by atoms with Gasteiger partial charge in [-0.3, -0.25) is 4.79 Å². The molecular weight excluding hydrogens is 154 g/mol. The summed E-state index contributed by atoms with van der Waals surface area (Å²) in [5, 5.41) is 2.76. The van der Waals surface area contributed by atoms with E-state index in [0.717, 1.165) is 11.4 Å². The predicted octanol–water partition coefficient (Wildman–Crippen LogP) is 0.439. The van der Waals surface area contributed by atoms with Gasteiger partial charge in [0.25, 0.3) is 5.56 Å². The van der Waals surface area contributed by atoms with E-state index in [-0.39, 0.29) is 5.56 Å². The van der Waals surface area contributed by atoms with Crippen molar-refractivity contribution in [3.05, 3.63) is 21.7 Å². The highest BCUT2D eigenvalue weighted by Gasteiger charge is 2.05. The van der Waals surface area contributed by atoms with Gasteiger partial charge in [0.05, 0.1) is 5.69 Å². The second-order valence-corrected chi connectivity index (χ2v) is 2.75. The zero-order valence-electron chi connectivity index (χ0n) is 7.80. The zero-order valence-corrected chi connectivity index (χ0v) is 7.80. The van der Waals surface area contributed by atoms with Crippen molar-refractivity contribution in [1.82, 2.24) is 9.55 Å². The molecule has 0 radical (unpaired) electrons. The fraction of sp³-hybridized carbons (Fsp3) is 0.500. The first-order valence-electron chi connectivity index (χ1n) is 3.80. The monoisotopic (exact) mass is 167 g/mol. The van der Waals surface area contributed by atoms with Gasteiger partial charge in [0.15, 0.2) is 5.82 Å². The van der Waals surface area contributed by atoms with Crippen LogP contribution in [0.2, 0.25) is 0 Å². The molecule has 1 N–H and O–H groups in total. The molecule has 0 atom stereocenters. The number of rotatable bonds is 1. The van der Waals surface area contributed by atoms with E-state index in [9.17, 15) is 4.79 Å². The Balaban J connectivity index is 3.50. The van der Waals surface area contributed by atoms with Crippen LogP contribution in [0, 0.1) is 13.8 Å².